The van der Waals surface area contributed by atoms with Gasteiger partial charge in [-0.1, -0.05) is 48.6 Å². The lowest BCUT2D eigenvalue weighted by atomic mass is 10.1. The number of benzene rings is 1. The molecule has 0 saturated carbocycles. The number of rotatable bonds is 6. The van der Waals surface area contributed by atoms with Crippen molar-refractivity contribution in [3.8, 4) is 0 Å². The topological polar surface area (TPSA) is 26.3 Å². The third-order valence-electron chi connectivity index (χ3n) is 2.31. The molecule has 0 spiro atoms. The standard InChI is InChI=1S/C15H18O2/c1-17-15(16)13-9-4-2-3-6-10-14-11-7-5-8-12-14/h5-13H,2-4H2,1H3/b10-6+,13-9+. The van der Waals surface area contributed by atoms with Gasteiger partial charge in [0.25, 0.3) is 0 Å². The average Bonchev–Trinajstić information content (AvgIpc) is 2.38. The molecule has 17 heavy (non-hydrogen) atoms. The fourth-order valence-electron chi connectivity index (χ4n) is 1.38. The number of carbonyl (C=O) groups excluding carboxylic acids is 1. The first-order valence-electron chi connectivity index (χ1n) is 5.79. The van der Waals surface area contributed by atoms with Crippen molar-refractivity contribution < 1.29 is 9.53 Å². The molecule has 1 aromatic rings. The monoisotopic (exact) mass is 230 g/mol. The highest BCUT2D eigenvalue weighted by Crippen LogP contribution is 2.04. The molecule has 0 unspecified atom stereocenters. The summed E-state index contributed by atoms with van der Waals surface area (Å²) in [6.45, 7) is 0. The van der Waals surface area contributed by atoms with Crippen molar-refractivity contribution in [2.75, 3.05) is 7.11 Å². The predicted octanol–water partition coefficient (Wildman–Crippen LogP) is 3.60. The van der Waals surface area contributed by atoms with E-state index in [1.165, 1.54) is 18.7 Å². The fourth-order valence-corrected chi connectivity index (χ4v) is 1.38. The van der Waals surface area contributed by atoms with Crippen molar-refractivity contribution in [2.24, 2.45) is 0 Å². The van der Waals surface area contributed by atoms with Gasteiger partial charge in [0.1, 0.15) is 0 Å². The second kappa shape index (κ2) is 8.34. The normalized spacial score (nSPS) is 11.1. The Hall–Kier alpha value is -1.83. The highest BCUT2D eigenvalue weighted by molar-refractivity contribution is 5.81. The van der Waals surface area contributed by atoms with Gasteiger partial charge in [-0.25, -0.2) is 4.79 Å². The van der Waals surface area contributed by atoms with Crippen LogP contribution in [0.2, 0.25) is 0 Å². The zero-order valence-electron chi connectivity index (χ0n) is 10.1. The molecule has 2 heteroatoms. The Kier molecular flexibility index (Phi) is 6.49. The average molecular weight is 230 g/mol. The molecule has 0 bridgehead atoms. The lowest BCUT2D eigenvalue weighted by Crippen LogP contribution is -1.93. The Bertz CT molecular complexity index is 377. The minimum Gasteiger partial charge on any atom is -0.466 e. The number of methoxy groups -OCH3 is 1. The van der Waals surface area contributed by atoms with Crippen molar-refractivity contribution in [3.05, 3.63) is 54.1 Å². The van der Waals surface area contributed by atoms with Crippen LogP contribution in [0.15, 0.2) is 48.6 Å². The van der Waals surface area contributed by atoms with Crippen LogP contribution >= 0.6 is 0 Å². The second-order valence-corrected chi connectivity index (χ2v) is 3.67. The van der Waals surface area contributed by atoms with Crippen molar-refractivity contribution in [1.82, 2.24) is 0 Å². The van der Waals surface area contributed by atoms with E-state index < -0.39 is 0 Å². The highest BCUT2D eigenvalue weighted by atomic mass is 16.5. The molecule has 1 rings (SSSR count). The summed E-state index contributed by atoms with van der Waals surface area (Å²) >= 11 is 0. The van der Waals surface area contributed by atoms with E-state index in [1.54, 1.807) is 0 Å². The Morgan fingerprint density at radius 1 is 1.18 bits per heavy atom. The molecule has 0 heterocycles. The van der Waals surface area contributed by atoms with Crippen LogP contribution in [-0.4, -0.2) is 13.1 Å². The summed E-state index contributed by atoms with van der Waals surface area (Å²) in [5, 5.41) is 0. The van der Waals surface area contributed by atoms with Gasteiger partial charge in [-0.05, 0) is 24.8 Å². The molecule has 0 saturated heterocycles. The molecular formula is C15H18O2. The molecule has 0 fully saturated rings. The summed E-state index contributed by atoms with van der Waals surface area (Å²) in [6.07, 6.45) is 10.5. The minimum atomic E-state index is -0.287. The highest BCUT2D eigenvalue weighted by Gasteiger charge is 1.89. The Balaban J connectivity index is 2.14. The second-order valence-electron chi connectivity index (χ2n) is 3.67. The third kappa shape index (κ3) is 6.36. The van der Waals surface area contributed by atoms with Crippen LogP contribution in [0.1, 0.15) is 24.8 Å². The van der Waals surface area contributed by atoms with E-state index in [0.29, 0.717) is 0 Å². The molecule has 0 N–H and O–H groups in total. The van der Waals surface area contributed by atoms with Gasteiger partial charge in [-0.15, -0.1) is 0 Å². The van der Waals surface area contributed by atoms with Gasteiger partial charge in [-0.3, -0.25) is 0 Å². The van der Waals surface area contributed by atoms with Crippen LogP contribution in [0, 0.1) is 0 Å². The van der Waals surface area contributed by atoms with Gasteiger partial charge in [-0.2, -0.15) is 0 Å². The molecule has 1 aromatic carbocycles. The van der Waals surface area contributed by atoms with Crippen LogP contribution in [0.3, 0.4) is 0 Å². The summed E-state index contributed by atoms with van der Waals surface area (Å²) in [6, 6.07) is 10.2. The Morgan fingerprint density at radius 2 is 1.88 bits per heavy atom. The van der Waals surface area contributed by atoms with Gasteiger partial charge in [0.15, 0.2) is 0 Å². The van der Waals surface area contributed by atoms with E-state index in [4.69, 9.17) is 0 Å². The van der Waals surface area contributed by atoms with E-state index in [2.05, 4.69) is 29.0 Å². The number of unbranched alkanes of at least 4 members (excludes halogenated alkanes) is 2. The fraction of sp³-hybridized carbons (Fsp3) is 0.267. The molecule has 90 valence electrons. The van der Waals surface area contributed by atoms with Crippen LogP contribution in [0.25, 0.3) is 6.08 Å². The first-order valence-corrected chi connectivity index (χ1v) is 5.79. The maximum Gasteiger partial charge on any atom is 0.330 e. The number of esters is 1. The maximum atomic E-state index is 10.8. The lowest BCUT2D eigenvalue weighted by Gasteiger charge is -1.93. The van der Waals surface area contributed by atoms with E-state index in [-0.39, 0.29) is 5.97 Å². The summed E-state index contributed by atoms with van der Waals surface area (Å²) in [4.78, 5) is 10.8. The van der Waals surface area contributed by atoms with E-state index >= 15 is 0 Å². The van der Waals surface area contributed by atoms with Gasteiger partial charge in [0.05, 0.1) is 7.11 Å². The zero-order valence-corrected chi connectivity index (χ0v) is 10.1. The van der Waals surface area contributed by atoms with E-state index in [0.717, 1.165) is 19.3 Å². The van der Waals surface area contributed by atoms with Crippen LogP contribution in [-0.2, 0) is 9.53 Å². The number of allylic oxidation sites excluding steroid dienone is 2. The van der Waals surface area contributed by atoms with Crippen LogP contribution in [0.5, 0.6) is 0 Å². The Labute approximate surface area is 103 Å². The number of ether oxygens (including phenoxy) is 1. The van der Waals surface area contributed by atoms with E-state index in [9.17, 15) is 4.79 Å². The summed E-state index contributed by atoms with van der Waals surface area (Å²) in [7, 11) is 1.38. The first kappa shape index (κ1) is 13.2. The number of carbonyl (C=O) groups is 1. The minimum absolute atomic E-state index is 0.287. The van der Waals surface area contributed by atoms with Gasteiger partial charge in [0, 0.05) is 6.08 Å². The van der Waals surface area contributed by atoms with E-state index in [1.807, 2.05) is 24.3 Å². The van der Waals surface area contributed by atoms with Crippen molar-refractivity contribution in [2.45, 2.75) is 19.3 Å². The summed E-state index contributed by atoms with van der Waals surface area (Å²) < 4.78 is 4.50. The smallest absolute Gasteiger partial charge is 0.330 e. The molecule has 0 aliphatic carbocycles. The SMILES string of the molecule is COC(=O)/C=C/CCC/C=C/c1ccccc1. The molecule has 0 aliphatic heterocycles. The number of hydrogen-bond donors (Lipinski definition) is 0. The number of hydrogen-bond acceptors (Lipinski definition) is 2. The molecule has 0 amide bonds. The van der Waals surface area contributed by atoms with Crippen molar-refractivity contribution >= 4 is 12.0 Å². The molecule has 0 radical (unpaired) electrons. The van der Waals surface area contributed by atoms with Crippen LogP contribution < -0.4 is 0 Å². The summed E-state index contributed by atoms with van der Waals surface area (Å²) in [5.74, 6) is -0.287. The molecule has 0 atom stereocenters. The predicted molar refractivity (Wildman–Crippen MR) is 70.5 cm³/mol. The van der Waals surface area contributed by atoms with Crippen LogP contribution in [0.4, 0.5) is 0 Å². The van der Waals surface area contributed by atoms with Gasteiger partial charge >= 0.3 is 5.97 Å². The first-order chi connectivity index (χ1) is 8.33. The largest absolute Gasteiger partial charge is 0.466 e. The molecular weight excluding hydrogens is 212 g/mol. The third-order valence-corrected chi connectivity index (χ3v) is 2.31. The molecule has 0 aliphatic rings. The molecule has 0 aromatic heterocycles. The van der Waals surface area contributed by atoms with Crippen molar-refractivity contribution in [1.29, 1.82) is 0 Å². The quantitative estimate of drug-likeness (QED) is 0.424. The summed E-state index contributed by atoms with van der Waals surface area (Å²) in [5.41, 5.74) is 1.22. The zero-order chi connectivity index (χ0) is 12.3. The molecule has 2 nitrogen and oxygen atoms in total. The van der Waals surface area contributed by atoms with Gasteiger partial charge < -0.3 is 4.74 Å². The Morgan fingerprint density at radius 3 is 2.59 bits per heavy atom. The maximum absolute atomic E-state index is 10.8. The van der Waals surface area contributed by atoms with Gasteiger partial charge in [0.2, 0.25) is 0 Å². The lowest BCUT2D eigenvalue weighted by molar-refractivity contribution is -0.134. The van der Waals surface area contributed by atoms with Crippen molar-refractivity contribution in [3.63, 3.8) is 0 Å².